The molecule has 212 valence electrons. The summed E-state index contributed by atoms with van der Waals surface area (Å²) in [6.07, 6.45) is 8.96. The number of ether oxygens (including phenoxy) is 2. The normalized spacial score (nSPS) is 13.7. The molecular formula is C31H30FN3O6. The number of aryl methyl sites for hydroxylation is 2. The number of nitrogens with zero attached hydrogens (tertiary/aromatic N) is 1. The molecule has 0 unspecified atom stereocenters. The van der Waals surface area contributed by atoms with Gasteiger partial charge in [0.15, 0.2) is 11.6 Å². The van der Waals surface area contributed by atoms with Crippen molar-refractivity contribution in [1.29, 1.82) is 0 Å². The molecule has 2 N–H and O–H groups in total. The van der Waals surface area contributed by atoms with Gasteiger partial charge in [-0.25, -0.2) is 14.0 Å². The second kappa shape index (κ2) is 12.2. The van der Waals surface area contributed by atoms with Gasteiger partial charge in [0.2, 0.25) is 5.75 Å². The lowest BCUT2D eigenvalue weighted by Crippen LogP contribution is -2.19. The van der Waals surface area contributed by atoms with Crippen molar-refractivity contribution in [3.05, 3.63) is 89.2 Å². The van der Waals surface area contributed by atoms with E-state index in [1.807, 2.05) is 6.92 Å². The first kappa shape index (κ1) is 27.9. The Balaban J connectivity index is 1.29. The molecule has 0 saturated carbocycles. The number of halogens is 1. The van der Waals surface area contributed by atoms with Gasteiger partial charge in [0, 0.05) is 54.3 Å². The number of rotatable bonds is 10. The monoisotopic (exact) mass is 559 g/mol. The number of furan rings is 1. The topological polar surface area (TPSA) is 112 Å². The molecule has 0 bridgehead atoms. The van der Waals surface area contributed by atoms with Crippen LogP contribution in [0.3, 0.4) is 0 Å². The number of carbonyl (C=O) groups is 3. The molecular weight excluding hydrogens is 529 g/mol. The number of amides is 1. The van der Waals surface area contributed by atoms with Crippen LogP contribution in [0.25, 0.3) is 11.0 Å². The fourth-order valence-electron chi connectivity index (χ4n) is 4.70. The van der Waals surface area contributed by atoms with Gasteiger partial charge < -0.3 is 29.1 Å². The Hall–Kier alpha value is -4.70. The van der Waals surface area contributed by atoms with E-state index in [2.05, 4.69) is 40.6 Å². The maximum atomic E-state index is 14.4. The summed E-state index contributed by atoms with van der Waals surface area (Å²) in [5, 5.41) is 7.09. The van der Waals surface area contributed by atoms with E-state index in [-0.39, 0.29) is 5.56 Å². The van der Waals surface area contributed by atoms with E-state index in [0.717, 1.165) is 73.5 Å². The summed E-state index contributed by atoms with van der Waals surface area (Å²) in [6, 6.07) is 9.49. The minimum absolute atomic E-state index is 0.172. The quantitative estimate of drug-likeness (QED) is 0.151. The number of anilines is 1. The Labute approximate surface area is 235 Å². The first-order valence-electron chi connectivity index (χ1n) is 13.5. The molecule has 0 saturated heterocycles. The van der Waals surface area contributed by atoms with Crippen molar-refractivity contribution in [1.82, 2.24) is 9.88 Å². The Morgan fingerprint density at radius 3 is 2.59 bits per heavy atom. The van der Waals surface area contributed by atoms with Crippen LogP contribution in [0.15, 0.2) is 65.4 Å². The molecule has 0 spiro atoms. The van der Waals surface area contributed by atoms with Crippen LogP contribution >= 0.6 is 0 Å². The molecule has 2 aromatic carbocycles. The number of hydrogen-bond donors (Lipinski definition) is 2. The minimum atomic E-state index is -0.965. The highest BCUT2D eigenvalue weighted by Crippen LogP contribution is 2.36. The highest BCUT2D eigenvalue weighted by atomic mass is 19.1. The Bertz CT molecular complexity index is 1650. The molecule has 1 amide bonds. The zero-order valence-corrected chi connectivity index (χ0v) is 22.8. The summed E-state index contributed by atoms with van der Waals surface area (Å²) in [5.74, 6) is -3.85. The third kappa shape index (κ3) is 6.38. The lowest BCUT2D eigenvalue weighted by Gasteiger charge is -2.15. The summed E-state index contributed by atoms with van der Waals surface area (Å²) in [5.41, 5.74) is 3.21. The van der Waals surface area contributed by atoms with Gasteiger partial charge in [0.1, 0.15) is 11.3 Å². The molecule has 41 heavy (non-hydrogen) atoms. The number of unbranched alkanes of at least 4 members (excludes halogenated alkanes) is 1. The third-order valence-corrected chi connectivity index (χ3v) is 6.78. The number of hydrogen-bond acceptors (Lipinski definition) is 7. The van der Waals surface area contributed by atoms with E-state index >= 15 is 0 Å². The molecule has 3 heterocycles. The Kier molecular flexibility index (Phi) is 8.30. The SMILES string of the molecule is CCCCn1ccc(CNCCc2c(C)oc3ccc(NC(=O)c4ccc(F)c5c4OC(=O)/C=C\C(=O)O5)cc23)c1. The highest BCUT2D eigenvalue weighted by molar-refractivity contribution is 6.08. The smallest absolute Gasteiger partial charge is 0.336 e. The van der Waals surface area contributed by atoms with Crippen LogP contribution in [0.5, 0.6) is 11.5 Å². The average Bonchev–Trinajstić information content (AvgIpc) is 3.52. The summed E-state index contributed by atoms with van der Waals surface area (Å²) in [6.45, 7) is 6.59. The predicted molar refractivity (Wildman–Crippen MR) is 150 cm³/mol. The molecule has 1 aliphatic rings. The fraction of sp³-hybridized carbons (Fsp3) is 0.258. The van der Waals surface area contributed by atoms with Gasteiger partial charge in [0.25, 0.3) is 5.91 Å². The summed E-state index contributed by atoms with van der Waals surface area (Å²) in [4.78, 5) is 37.0. The van der Waals surface area contributed by atoms with Gasteiger partial charge >= 0.3 is 11.9 Å². The van der Waals surface area contributed by atoms with Crippen molar-refractivity contribution in [3.8, 4) is 11.5 Å². The fourth-order valence-corrected chi connectivity index (χ4v) is 4.70. The lowest BCUT2D eigenvalue weighted by atomic mass is 10.1. The molecule has 10 heteroatoms. The van der Waals surface area contributed by atoms with Crippen LogP contribution in [-0.4, -0.2) is 29.0 Å². The largest absolute Gasteiger partial charge is 0.461 e. The number of aromatic nitrogens is 1. The highest BCUT2D eigenvalue weighted by Gasteiger charge is 2.26. The lowest BCUT2D eigenvalue weighted by molar-refractivity contribution is -0.133. The third-order valence-electron chi connectivity index (χ3n) is 6.78. The maximum Gasteiger partial charge on any atom is 0.336 e. The van der Waals surface area contributed by atoms with E-state index in [9.17, 15) is 18.8 Å². The molecule has 5 rings (SSSR count). The van der Waals surface area contributed by atoms with Gasteiger partial charge in [-0.3, -0.25) is 4.79 Å². The van der Waals surface area contributed by atoms with Crippen molar-refractivity contribution in [2.24, 2.45) is 0 Å². The van der Waals surface area contributed by atoms with E-state index in [1.54, 1.807) is 18.2 Å². The van der Waals surface area contributed by atoms with Crippen LogP contribution in [0.2, 0.25) is 0 Å². The van der Waals surface area contributed by atoms with Crippen molar-refractivity contribution < 1.29 is 32.7 Å². The van der Waals surface area contributed by atoms with Crippen LogP contribution in [0, 0.1) is 12.7 Å². The van der Waals surface area contributed by atoms with Crippen molar-refractivity contribution in [2.75, 3.05) is 11.9 Å². The van der Waals surface area contributed by atoms with Crippen molar-refractivity contribution >= 4 is 34.5 Å². The van der Waals surface area contributed by atoms with E-state index in [0.29, 0.717) is 17.7 Å². The van der Waals surface area contributed by atoms with E-state index < -0.39 is 35.2 Å². The van der Waals surface area contributed by atoms with Crippen LogP contribution < -0.4 is 20.1 Å². The summed E-state index contributed by atoms with van der Waals surface area (Å²) < 4.78 is 32.6. The van der Waals surface area contributed by atoms with E-state index in [1.165, 1.54) is 5.56 Å². The molecule has 2 aromatic heterocycles. The van der Waals surface area contributed by atoms with Crippen LogP contribution in [0.1, 0.15) is 47.0 Å². The van der Waals surface area contributed by atoms with Crippen LogP contribution in [0.4, 0.5) is 10.1 Å². The molecule has 0 radical (unpaired) electrons. The van der Waals surface area contributed by atoms with Gasteiger partial charge in [-0.1, -0.05) is 13.3 Å². The molecule has 4 aromatic rings. The molecule has 0 aliphatic carbocycles. The second-order valence-corrected chi connectivity index (χ2v) is 9.77. The van der Waals surface area contributed by atoms with Crippen LogP contribution in [-0.2, 0) is 29.1 Å². The van der Waals surface area contributed by atoms with Crippen molar-refractivity contribution in [3.63, 3.8) is 0 Å². The number of benzene rings is 2. The second-order valence-electron chi connectivity index (χ2n) is 9.77. The van der Waals surface area contributed by atoms with Crippen molar-refractivity contribution in [2.45, 2.75) is 46.2 Å². The number of nitrogens with one attached hydrogen (secondary N) is 2. The van der Waals surface area contributed by atoms with Gasteiger partial charge in [-0.2, -0.15) is 0 Å². The standard InChI is InChI=1S/C31H30FN3O6/c1-3-4-14-35-15-12-20(18-35)17-33-13-11-22-19(2)39-26-8-5-21(16-24(22)26)34-31(38)23-6-7-25(32)30-29(23)40-27(36)9-10-28(37)41-30/h5-10,12,15-16,18,33H,3-4,11,13-14,17H2,1-2H3,(H,34,38)/b10-9-. The first-order chi connectivity index (χ1) is 19.8. The minimum Gasteiger partial charge on any atom is -0.461 e. The summed E-state index contributed by atoms with van der Waals surface area (Å²) in [7, 11) is 0. The molecule has 0 fully saturated rings. The Morgan fingerprint density at radius 2 is 1.80 bits per heavy atom. The first-order valence-corrected chi connectivity index (χ1v) is 13.5. The van der Waals surface area contributed by atoms with Gasteiger partial charge in [-0.15, -0.1) is 0 Å². The van der Waals surface area contributed by atoms with Gasteiger partial charge in [-0.05, 0) is 68.3 Å². The molecule has 1 aliphatic heterocycles. The number of esters is 2. The predicted octanol–water partition coefficient (Wildman–Crippen LogP) is 5.45. The molecule has 9 nitrogen and oxygen atoms in total. The zero-order chi connectivity index (χ0) is 28.9. The van der Waals surface area contributed by atoms with Gasteiger partial charge in [0.05, 0.1) is 5.56 Å². The zero-order valence-electron chi connectivity index (χ0n) is 22.8. The summed E-state index contributed by atoms with van der Waals surface area (Å²) >= 11 is 0. The molecule has 0 atom stereocenters. The Morgan fingerprint density at radius 1 is 1.02 bits per heavy atom. The number of fused-ring (bicyclic) bond motifs is 2. The average molecular weight is 560 g/mol. The van der Waals surface area contributed by atoms with E-state index in [4.69, 9.17) is 13.9 Å². The maximum absolute atomic E-state index is 14.4. The number of carbonyl (C=O) groups excluding carboxylic acids is 3.